The third kappa shape index (κ3) is 1.01. The molecule has 0 saturated heterocycles. The Morgan fingerprint density at radius 3 is 2.55 bits per heavy atom. The van der Waals surface area contributed by atoms with Crippen molar-refractivity contribution in [2.45, 2.75) is 60.3 Å². The van der Waals surface area contributed by atoms with Gasteiger partial charge in [-0.05, 0) is 59.2 Å². The van der Waals surface area contributed by atoms with Crippen molar-refractivity contribution >= 4 is 5.97 Å². The van der Waals surface area contributed by atoms with E-state index in [1.165, 1.54) is 25.7 Å². The molecule has 5 saturated carbocycles. The van der Waals surface area contributed by atoms with Crippen molar-refractivity contribution in [3.63, 3.8) is 0 Å². The van der Waals surface area contributed by atoms with Crippen molar-refractivity contribution in [1.82, 2.24) is 0 Å². The van der Waals surface area contributed by atoms with Gasteiger partial charge in [-0.25, -0.2) is 0 Å². The van der Waals surface area contributed by atoms with E-state index < -0.39 is 0 Å². The molecule has 0 aromatic heterocycles. The molecule has 5 rings (SSSR count). The number of esters is 1. The van der Waals surface area contributed by atoms with E-state index in [0.717, 1.165) is 11.8 Å². The first-order valence-electron chi connectivity index (χ1n) is 8.35. The van der Waals surface area contributed by atoms with E-state index in [2.05, 4.69) is 27.7 Å². The highest BCUT2D eigenvalue weighted by atomic mass is 16.5. The Labute approximate surface area is 122 Å². The average Bonchev–Trinajstić information content (AvgIpc) is 2.60. The van der Waals surface area contributed by atoms with Crippen molar-refractivity contribution in [2.24, 2.45) is 39.4 Å². The highest BCUT2D eigenvalue weighted by Gasteiger charge is 2.95. The number of carbonyl (C=O) groups is 1. The summed E-state index contributed by atoms with van der Waals surface area (Å²) in [6.45, 7) is 12.2. The summed E-state index contributed by atoms with van der Waals surface area (Å²) in [5.41, 5.74) is 1.96. The van der Waals surface area contributed by atoms with Crippen molar-refractivity contribution < 1.29 is 9.53 Å². The first kappa shape index (κ1) is 13.2. The third-order valence-corrected chi connectivity index (χ3v) is 8.43. The van der Waals surface area contributed by atoms with Gasteiger partial charge in [-0.3, -0.25) is 4.79 Å². The minimum absolute atomic E-state index is 0.111. The zero-order valence-corrected chi connectivity index (χ0v) is 13.6. The zero-order valence-electron chi connectivity index (χ0n) is 13.6. The van der Waals surface area contributed by atoms with Gasteiger partial charge in [-0.1, -0.05) is 27.7 Å². The van der Waals surface area contributed by atoms with Crippen LogP contribution >= 0.6 is 0 Å². The first-order chi connectivity index (χ1) is 9.22. The van der Waals surface area contributed by atoms with Crippen LogP contribution < -0.4 is 0 Å². The molecule has 4 bridgehead atoms. The zero-order chi connectivity index (χ0) is 14.6. The number of hydrogen-bond donors (Lipinski definition) is 0. The van der Waals surface area contributed by atoms with Crippen LogP contribution in [0.1, 0.15) is 60.3 Å². The fourth-order valence-electron chi connectivity index (χ4n) is 7.91. The SMILES string of the molecule is CC(=O)OCC1CCC(C)(C)C23CC4CC2C13C4(C)C. The number of ether oxygens (including phenoxy) is 1. The molecule has 0 radical (unpaired) electrons. The monoisotopic (exact) mass is 276 g/mol. The maximum Gasteiger partial charge on any atom is 0.302 e. The Kier molecular flexibility index (Phi) is 2.16. The summed E-state index contributed by atoms with van der Waals surface area (Å²) >= 11 is 0. The van der Waals surface area contributed by atoms with Crippen molar-refractivity contribution in [3.05, 3.63) is 0 Å². The Bertz CT molecular complexity index is 492. The molecular formula is C18H28O2. The second-order valence-electron chi connectivity index (χ2n) is 9.17. The van der Waals surface area contributed by atoms with Gasteiger partial charge in [0.1, 0.15) is 0 Å². The molecule has 0 heterocycles. The Hall–Kier alpha value is -0.530. The number of rotatable bonds is 2. The predicted molar refractivity (Wildman–Crippen MR) is 78.0 cm³/mol. The van der Waals surface area contributed by atoms with E-state index in [1.54, 1.807) is 6.92 Å². The molecule has 2 spiro atoms. The van der Waals surface area contributed by atoms with Crippen LogP contribution in [-0.4, -0.2) is 12.6 Å². The molecule has 5 unspecified atom stereocenters. The summed E-state index contributed by atoms with van der Waals surface area (Å²) < 4.78 is 5.47. The van der Waals surface area contributed by atoms with Gasteiger partial charge in [0.2, 0.25) is 0 Å². The van der Waals surface area contributed by atoms with Crippen molar-refractivity contribution in [3.8, 4) is 0 Å². The largest absolute Gasteiger partial charge is 0.466 e. The molecule has 5 fully saturated rings. The van der Waals surface area contributed by atoms with E-state index in [4.69, 9.17) is 4.74 Å². The number of carbonyl (C=O) groups excluding carboxylic acids is 1. The Balaban J connectivity index is 1.75. The van der Waals surface area contributed by atoms with Gasteiger partial charge < -0.3 is 4.74 Å². The summed E-state index contributed by atoms with van der Waals surface area (Å²) in [6, 6.07) is 0. The smallest absolute Gasteiger partial charge is 0.302 e. The lowest BCUT2D eigenvalue weighted by Gasteiger charge is -2.48. The summed E-state index contributed by atoms with van der Waals surface area (Å²) in [4.78, 5) is 11.3. The topological polar surface area (TPSA) is 26.3 Å². The van der Waals surface area contributed by atoms with Crippen LogP contribution in [0.4, 0.5) is 0 Å². The maximum atomic E-state index is 11.3. The second kappa shape index (κ2) is 3.28. The summed E-state index contributed by atoms with van der Waals surface area (Å²) in [5.74, 6) is 2.31. The van der Waals surface area contributed by atoms with Gasteiger partial charge in [0, 0.05) is 12.8 Å². The minimum Gasteiger partial charge on any atom is -0.466 e. The number of hydrogen-bond acceptors (Lipinski definition) is 2. The van der Waals surface area contributed by atoms with Crippen LogP contribution in [-0.2, 0) is 9.53 Å². The van der Waals surface area contributed by atoms with Crippen LogP contribution in [0.3, 0.4) is 0 Å². The summed E-state index contributed by atoms with van der Waals surface area (Å²) in [6.07, 6.45) is 5.43. The molecule has 0 amide bonds. The van der Waals surface area contributed by atoms with Gasteiger partial charge in [0.25, 0.3) is 0 Å². The molecular weight excluding hydrogens is 248 g/mol. The summed E-state index contributed by atoms with van der Waals surface area (Å²) in [5, 5.41) is 0. The third-order valence-electron chi connectivity index (χ3n) is 8.43. The van der Waals surface area contributed by atoms with Gasteiger partial charge in [-0.2, -0.15) is 0 Å². The molecule has 2 heteroatoms. The molecule has 0 N–H and O–H groups in total. The van der Waals surface area contributed by atoms with Crippen molar-refractivity contribution in [1.29, 1.82) is 0 Å². The van der Waals surface area contributed by atoms with Gasteiger partial charge >= 0.3 is 5.97 Å². The van der Waals surface area contributed by atoms with Crippen LogP contribution in [0.5, 0.6) is 0 Å². The van der Waals surface area contributed by atoms with E-state index in [1.807, 2.05) is 0 Å². The summed E-state index contributed by atoms with van der Waals surface area (Å²) in [7, 11) is 0. The maximum absolute atomic E-state index is 11.3. The van der Waals surface area contributed by atoms with Gasteiger partial charge in [0.05, 0.1) is 6.61 Å². The molecule has 112 valence electrons. The fraction of sp³-hybridized carbons (Fsp3) is 0.944. The lowest BCUT2D eigenvalue weighted by molar-refractivity contribution is -0.145. The lowest BCUT2D eigenvalue weighted by atomic mass is 9.57. The Morgan fingerprint density at radius 2 is 1.95 bits per heavy atom. The van der Waals surface area contributed by atoms with E-state index in [-0.39, 0.29) is 5.97 Å². The molecule has 5 aliphatic rings. The van der Waals surface area contributed by atoms with Crippen LogP contribution in [0.25, 0.3) is 0 Å². The average molecular weight is 276 g/mol. The van der Waals surface area contributed by atoms with Crippen LogP contribution in [0.15, 0.2) is 0 Å². The normalized spacial score (nSPS) is 52.5. The van der Waals surface area contributed by atoms with E-state index in [0.29, 0.717) is 34.2 Å². The minimum atomic E-state index is -0.111. The second-order valence-corrected chi connectivity index (χ2v) is 9.17. The first-order valence-corrected chi connectivity index (χ1v) is 8.35. The fourth-order valence-corrected chi connectivity index (χ4v) is 7.91. The van der Waals surface area contributed by atoms with Crippen LogP contribution in [0.2, 0.25) is 0 Å². The molecule has 2 nitrogen and oxygen atoms in total. The Morgan fingerprint density at radius 1 is 1.25 bits per heavy atom. The molecule has 0 aromatic carbocycles. The lowest BCUT2D eigenvalue weighted by Crippen LogP contribution is -2.43. The van der Waals surface area contributed by atoms with E-state index >= 15 is 0 Å². The molecule has 20 heavy (non-hydrogen) atoms. The molecule has 5 aliphatic carbocycles. The van der Waals surface area contributed by atoms with E-state index in [9.17, 15) is 4.79 Å². The highest BCUT2D eigenvalue weighted by Crippen LogP contribution is 3.00. The molecule has 0 aromatic rings. The van der Waals surface area contributed by atoms with Gasteiger partial charge in [0.15, 0.2) is 0 Å². The molecule has 5 atom stereocenters. The highest BCUT2D eigenvalue weighted by molar-refractivity contribution is 5.66. The molecule has 0 aliphatic heterocycles. The van der Waals surface area contributed by atoms with Crippen molar-refractivity contribution in [2.75, 3.05) is 6.61 Å². The standard InChI is InChI=1S/C18H28O2/c1-11(19)20-10-12-6-7-15(2,3)17-9-13-8-14(17)18(12,17)16(13,4)5/h12-14H,6-10H2,1-5H3. The quantitative estimate of drug-likeness (QED) is 0.712. The predicted octanol–water partition coefficient (Wildman–Crippen LogP) is 4.04. The van der Waals surface area contributed by atoms with Gasteiger partial charge in [-0.15, -0.1) is 0 Å². The van der Waals surface area contributed by atoms with Crippen LogP contribution in [0, 0.1) is 39.4 Å².